The Morgan fingerprint density at radius 3 is 2.73 bits per heavy atom. The summed E-state index contributed by atoms with van der Waals surface area (Å²) in [4.78, 5) is 1.04. The first-order valence-corrected chi connectivity index (χ1v) is 5.93. The summed E-state index contributed by atoms with van der Waals surface area (Å²) in [7, 11) is 0. The predicted octanol–water partition coefficient (Wildman–Crippen LogP) is 4.52. The summed E-state index contributed by atoms with van der Waals surface area (Å²) < 4.78 is 13.3. The molecule has 0 aliphatic carbocycles. The van der Waals surface area contributed by atoms with Crippen LogP contribution in [0.3, 0.4) is 0 Å². The third kappa shape index (κ3) is 2.21. The Balaban J connectivity index is 2.34. The normalized spacial score (nSPS) is 12.7. The van der Waals surface area contributed by atoms with Gasteiger partial charge in [0.2, 0.25) is 0 Å². The maximum atomic E-state index is 13.3. The van der Waals surface area contributed by atoms with Crippen LogP contribution in [-0.2, 0) is 0 Å². The van der Waals surface area contributed by atoms with Gasteiger partial charge in [-0.15, -0.1) is 22.9 Å². The number of aryl methyl sites for hydroxylation is 1. The van der Waals surface area contributed by atoms with E-state index < -0.39 is 0 Å². The fourth-order valence-corrected chi connectivity index (χ4v) is 2.46. The van der Waals surface area contributed by atoms with Crippen molar-refractivity contribution in [1.82, 2.24) is 0 Å². The Morgan fingerprint density at radius 1 is 1.33 bits per heavy atom. The monoisotopic (exact) mass is 240 g/mol. The second kappa shape index (κ2) is 4.33. The van der Waals surface area contributed by atoms with E-state index in [1.807, 2.05) is 23.6 Å². The van der Waals surface area contributed by atoms with E-state index in [4.69, 9.17) is 11.6 Å². The number of halogens is 2. The highest BCUT2D eigenvalue weighted by Crippen LogP contribution is 2.32. The molecule has 1 aromatic carbocycles. The summed E-state index contributed by atoms with van der Waals surface area (Å²) in [6.45, 7) is 1.74. The van der Waals surface area contributed by atoms with Crippen molar-refractivity contribution < 1.29 is 4.39 Å². The van der Waals surface area contributed by atoms with Crippen LogP contribution >= 0.6 is 22.9 Å². The molecule has 0 fully saturated rings. The van der Waals surface area contributed by atoms with Gasteiger partial charge < -0.3 is 0 Å². The van der Waals surface area contributed by atoms with Crippen LogP contribution in [0.25, 0.3) is 0 Å². The van der Waals surface area contributed by atoms with Gasteiger partial charge in [0.05, 0.1) is 5.38 Å². The van der Waals surface area contributed by atoms with Crippen molar-refractivity contribution in [2.24, 2.45) is 0 Å². The molecule has 0 aliphatic rings. The maximum absolute atomic E-state index is 13.3. The largest absolute Gasteiger partial charge is 0.207 e. The lowest BCUT2D eigenvalue weighted by Crippen LogP contribution is -1.92. The molecule has 0 saturated carbocycles. The summed E-state index contributed by atoms with van der Waals surface area (Å²) >= 11 is 7.82. The van der Waals surface area contributed by atoms with E-state index >= 15 is 0 Å². The summed E-state index contributed by atoms with van der Waals surface area (Å²) in [5.41, 5.74) is 1.45. The van der Waals surface area contributed by atoms with Gasteiger partial charge in [-0.05, 0) is 35.6 Å². The second-order valence-electron chi connectivity index (χ2n) is 3.39. The fraction of sp³-hybridized carbons (Fsp3) is 0.167. The maximum Gasteiger partial charge on any atom is 0.126 e. The number of hydrogen-bond donors (Lipinski definition) is 0. The molecule has 0 N–H and O–H groups in total. The average Bonchev–Trinajstić information content (AvgIpc) is 2.74. The van der Waals surface area contributed by atoms with Gasteiger partial charge in [-0.2, -0.15) is 0 Å². The molecule has 0 bridgehead atoms. The highest BCUT2D eigenvalue weighted by Gasteiger charge is 2.12. The molecule has 15 heavy (non-hydrogen) atoms. The first-order chi connectivity index (χ1) is 7.18. The molecule has 78 valence electrons. The Morgan fingerprint density at radius 2 is 2.13 bits per heavy atom. The molecule has 2 aromatic rings. The minimum absolute atomic E-state index is 0.199. The van der Waals surface area contributed by atoms with Crippen molar-refractivity contribution in [2.75, 3.05) is 0 Å². The highest BCUT2D eigenvalue weighted by atomic mass is 35.5. The average molecular weight is 241 g/mol. The zero-order chi connectivity index (χ0) is 10.8. The standard InChI is InChI=1S/C12H10ClFS/c1-8-4-5-9(7-10(8)14)12(13)11-3-2-6-15-11/h2-7,12H,1H3. The van der Waals surface area contributed by atoms with Gasteiger partial charge in [-0.1, -0.05) is 18.2 Å². The summed E-state index contributed by atoms with van der Waals surface area (Å²) in [6.07, 6.45) is 0. The molecule has 0 aliphatic heterocycles. The molecular formula is C12H10ClFS. The number of benzene rings is 1. The highest BCUT2D eigenvalue weighted by molar-refractivity contribution is 7.10. The third-order valence-corrected chi connectivity index (χ3v) is 3.84. The van der Waals surface area contributed by atoms with Crippen LogP contribution in [0.15, 0.2) is 35.7 Å². The topological polar surface area (TPSA) is 0 Å². The summed E-state index contributed by atoms with van der Waals surface area (Å²) in [5.74, 6) is -0.199. The van der Waals surface area contributed by atoms with Gasteiger partial charge >= 0.3 is 0 Å². The van der Waals surface area contributed by atoms with E-state index in [-0.39, 0.29) is 11.2 Å². The molecule has 0 amide bonds. The number of rotatable bonds is 2. The van der Waals surface area contributed by atoms with Crippen molar-refractivity contribution in [3.05, 3.63) is 57.5 Å². The van der Waals surface area contributed by atoms with Crippen molar-refractivity contribution >= 4 is 22.9 Å². The van der Waals surface area contributed by atoms with Crippen LogP contribution in [0.4, 0.5) is 4.39 Å². The quantitative estimate of drug-likeness (QED) is 0.677. The Hall–Kier alpha value is -0.860. The van der Waals surface area contributed by atoms with E-state index in [1.54, 1.807) is 24.3 Å². The van der Waals surface area contributed by atoms with Crippen molar-refractivity contribution in [3.8, 4) is 0 Å². The molecular weight excluding hydrogens is 231 g/mol. The van der Waals surface area contributed by atoms with E-state index in [0.717, 1.165) is 10.4 Å². The number of alkyl halides is 1. The Bertz CT molecular complexity index is 451. The van der Waals surface area contributed by atoms with Crippen LogP contribution in [0.1, 0.15) is 21.4 Å². The van der Waals surface area contributed by atoms with Gasteiger partial charge in [0, 0.05) is 4.88 Å². The van der Waals surface area contributed by atoms with Gasteiger partial charge in [0.25, 0.3) is 0 Å². The molecule has 1 atom stereocenters. The molecule has 0 nitrogen and oxygen atoms in total. The number of thiophene rings is 1. The summed E-state index contributed by atoms with van der Waals surface area (Å²) in [6, 6.07) is 9.04. The van der Waals surface area contributed by atoms with Crippen LogP contribution in [-0.4, -0.2) is 0 Å². The molecule has 1 unspecified atom stereocenters. The first kappa shape index (κ1) is 10.7. The zero-order valence-electron chi connectivity index (χ0n) is 8.21. The van der Waals surface area contributed by atoms with Crippen LogP contribution in [0.5, 0.6) is 0 Å². The molecule has 3 heteroatoms. The molecule has 1 aromatic heterocycles. The van der Waals surface area contributed by atoms with E-state index in [9.17, 15) is 4.39 Å². The SMILES string of the molecule is Cc1ccc(C(Cl)c2cccs2)cc1F. The zero-order valence-corrected chi connectivity index (χ0v) is 9.78. The van der Waals surface area contributed by atoms with Crippen molar-refractivity contribution in [3.63, 3.8) is 0 Å². The van der Waals surface area contributed by atoms with Gasteiger partial charge in [-0.25, -0.2) is 4.39 Å². The molecule has 0 saturated heterocycles. The lowest BCUT2D eigenvalue weighted by molar-refractivity contribution is 0.616. The van der Waals surface area contributed by atoms with Crippen LogP contribution < -0.4 is 0 Å². The fourth-order valence-electron chi connectivity index (χ4n) is 1.37. The van der Waals surface area contributed by atoms with Gasteiger partial charge in [0.1, 0.15) is 5.82 Å². The van der Waals surface area contributed by atoms with Crippen LogP contribution in [0, 0.1) is 12.7 Å². The molecule has 0 radical (unpaired) electrons. The smallest absolute Gasteiger partial charge is 0.126 e. The minimum atomic E-state index is -0.250. The predicted molar refractivity (Wildman–Crippen MR) is 63.2 cm³/mol. The molecule has 2 rings (SSSR count). The minimum Gasteiger partial charge on any atom is -0.207 e. The van der Waals surface area contributed by atoms with Gasteiger partial charge in [-0.3, -0.25) is 0 Å². The lowest BCUT2D eigenvalue weighted by atomic mass is 10.1. The molecule has 0 spiro atoms. The van der Waals surface area contributed by atoms with E-state index in [1.165, 1.54) is 6.07 Å². The van der Waals surface area contributed by atoms with E-state index in [0.29, 0.717) is 5.56 Å². The van der Waals surface area contributed by atoms with Crippen molar-refractivity contribution in [2.45, 2.75) is 12.3 Å². The number of hydrogen-bond acceptors (Lipinski definition) is 1. The first-order valence-electron chi connectivity index (χ1n) is 4.62. The third-order valence-electron chi connectivity index (χ3n) is 2.28. The molecule has 1 heterocycles. The second-order valence-corrected chi connectivity index (χ2v) is 4.80. The lowest BCUT2D eigenvalue weighted by Gasteiger charge is -2.08. The van der Waals surface area contributed by atoms with Crippen molar-refractivity contribution in [1.29, 1.82) is 0 Å². The Kier molecular flexibility index (Phi) is 3.08. The Labute approximate surface area is 97.3 Å². The summed E-state index contributed by atoms with van der Waals surface area (Å²) in [5, 5.41) is 1.72. The van der Waals surface area contributed by atoms with E-state index in [2.05, 4.69) is 0 Å². The van der Waals surface area contributed by atoms with Gasteiger partial charge in [0.15, 0.2) is 0 Å². The van der Waals surface area contributed by atoms with Crippen LogP contribution in [0.2, 0.25) is 0 Å².